The quantitative estimate of drug-likeness (QED) is 0.207. The third-order valence-electron chi connectivity index (χ3n) is 2.41. The molecule has 20 heavy (non-hydrogen) atoms. The normalized spacial score (nSPS) is 11.1. The van der Waals surface area contributed by atoms with Crippen molar-refractivity contribution in [1.29, 1.82) is 0 Å². The molecule has 0 saturated carbocycles. The van der Waals surface area contributed by atoms with Gasteiger partial charge in [-0.05, 0) is 11.5 Å². The molecule has 1 aromatic carbocycles. The maximum absolute atomic E-state index is 6.46. The fraction of sp³-hybridized carbons (Fsp3) is 0.500. The van der Waals surface area contributed by atoms with Gasteiger partial charge in [-0.15, -0.1) is 0 Å². The summed E-state index contributed by atoms with van der Waals surface area (Å²) < 4.78 is 0. The van der Waals surface area contributed by atoms with E-state index in [1.165, 1.54) is 0 Å². The number of hydrogen-bond donors (Lipinski definition) is 2. The van der Waals surface area contributed by atoms with E-state index < -0.39 is 0 Å². The van der Waals surface area contributed by atoms with Crippen LogP contribution < -0.4 is 0 Å². The summed E-state index contributed by atoms with van der Waals surface area (Å²) in [5.41, 5.74) is 1.71. The fourth-order valence-corrected chi connectivity index (χ4v) is 5.30. The van der Waals surface area contributed by atoms with Crippen LogP contribution in [0.15, 0.2) is 0 Å². The number of benzene rings is 1. The molecule has 0 N–H and O–H groups in total. The number of thioether (sulfide) groups is 2. The van der Waals surface area contributed by atoms with Crippen LogP contribution in [0, 0.1) is 0 Å². The van der Waals surface area contributed by atoms with Crippen molar-refractivity contribution in [3.8, 4) is 0 Å². The Labute approximate surface area is 159 Å². The largest absolute Gasteiger partial charge is 0.179 e. The number of halogens is 4. The first-order valence-electron chi connectivity index (χ1n) is 5.75. The monoisotopic (exact) mass is 426 g/mol. The molecule has 0 spiro atoms. The van der Waals surface area contributed by atoms with Gasteiger partial charge in [0.15, 0.2) is 0 Å². The maximum Gasteiger partial charge on any atom is 0.0785 e. The van der Waals surface area contributed by atoms with E-state index in [0.717, 1.165) is 34.1 Å². The Morgan fingerprint density at radius 2 is 1.05 bits per heavy atom. The van der Waals surface area contributed by atoms with Crippen LogP contribution in [0.5, 0.6) is 0 Å². The van der Waals surface area contributed by atoms with Crippen LogP contribution in [0.1, 0.15) is 11.1 Å². The minimum Gasteiger partial charge on any atom is -0.179 e. The van der Waals surface area contributed by atoms with E-state index >= 15 is 0 Å². The highest BCUT2D eigenvalue weighted by molar-refractivity contribution is 7.99. The molecule has 0 aliphatic rings. The Balaban J connectivity index is 3.04. The van der Waals surface area contributed by atoms with Crippen molar-refractivity contribution in [2.75, 3.05) is 23.0 Å². The summed E-state index contributed by atoms with van der Waals surface area (Å²) in [6.45, 7) is 0. The summed E-state index contributed by atoms with van der Waals surface area (Å²) >= 11 is 37.0. The second-order valence-electron chi connectivity index (χ2n) is 3.77. The molecule has 114 valence electrons. The molecule has 0 atom stereocenters. The van der Waals surface area contributed by atoms with Crippen molar-refractivity contribution < 1.29 is 0 Å². The van der Waals surface area contributed by atoms with E-state index in [2.05, 4.69) is 25.3 Å². The molecule has 0 heterocycles. The molecule has 0 fully saturated rings. The van der Waals surface area contributed by atoms with Gasteiger partial charge in [0, 0.05) is 34.1 Å². The van der Waals surface area contributed by atoms with E-state index in [1.54, 1.807) is 23.5 Å². The summed E-state index contributed by atoms with van der Waals surface area (Å²) in [5, 5.41) is 1.93. The van der Waals surface area contributed by atoms with Crippen LogP contribution in [0.2, 0.25) is 20.1 Å². The minimum atomic E-state index is 0.390. The summed E-state index contributed by atoms with van der Waals surface area (Å²) in [7, 11) is 0. The van der Waals surface area contributed by atoms with Crippen molar-refractivity contribution in [3.63, 3.8) is 0 Å². The first-order valence-corrected chi connectivity index (χ1v) is 10.8. The fourth-order valence-electron chi connectivity index (χ4n) is 1.47. The summed E-state index contributed by atoms with van der Waals surface area (Å²) in [6, 6.07) is 0. The molecule has 0 aliphatic carbocycles. The molecule has 0 aliphatic heterocycles. The van der Waals surface area contributed by atoms with Crippen LogP contribution in [0.4, 0.5) is 0 Å². The van der Waals surface area contributed by atoms with Crippen molar-refractivity contribution >= 4 is 95.2 Å². The van der Waals surface area contributed by atoms with Crippen LogP contribution >= 0.6 is 95.2 Å². The SMILES string of the molecule is SCCSCc1c(Cl)c(Cl)c(Cl)c(CSCCS)c1Cl. The van der Waals surface area contributed by atoms with Gasteiger partial charge in [-0.25, -0.2) is 0 Å². The molecule has 0 aromatic heterocycles. The summed E-state index contributed by atoms with van der Waals surface area (Å²) in [4.78, 5) is 0. The van der Waals surface area contributed by atoms with Gasteiger partial charge >= 0.3 is 0 Å². The van der Waals surface area contributed by atoms with E-state index in [4.69, 9.17) is 46.4 Å². The molecule has 0 unspecified atom stereocenters. The highest BCUT2D eigenvalue weighted by atomic mass is 35.5. The molecule has 0 nitrogen and oxygen atoms in total. The summed E-state index contributed by atoms with van der Waals surface area (Å²) in [5.74, 6) is 4.90. The van der Waals surface area contributed by atoms with Crippen molar-refractivity contribution in [2.24, 2.45) is 0 Å². The molecule has 1 rings (SSSR count). The standard InChI is InChI=1S/C12H14Cl4S4/c13-9-7(5-19-3-1-17)10(14)12(16)11(15)8(9)6-20-4-2-18/h17-18H,1-6H2. The van der Waals surface area contributed by atoms with Gasteiger partial charge in [0.25, 0.3) is 0 Å². The molecule has 1 aromatic rings. The van der Waals surface area contributed by atoms with Gasteiger partial charge in [0.1, 0.15) is 0 Å². The maximum atomic E-state index is 6.46. The van der Waals surface area contributed by atoms with Crippen LogP contribution in [-0.4, -0.2) is 23.0 Å². The van der Waals surface area contributed by atoms with E-state index in [1.807, 2.05) is 0 Å². The van der Waals surface area contributed by atoms with Gasteiger partial charge < -0.3 is 0 Å². The Morgan fingerprint density at radius 1 is 0.650 bits per heavy atom. The lowest BCUT2D eigenvalue weighted by Gasteiger charge is -2.15. The zero-order chi connectivity index (χ0) is 15.1. The Hall–Kier alpha value is 1.78. The Morgan fingerprint density at radius 3 is 1.40 bits per heavy atom. The van der Waals surface area contributed by atoms with Crippen LogP contribution in [-0.2, 0) is 11.5 Å². The first kappa shape index (κ1) is 19.8. The second kappa shape index (κ2) is 10.5. The first-order chi connectivity index (χ1) is 9.54. The zero-order valence-electron chi connectivity index (χ0n) is 10.5. The zero-order valence-corrected chi connectivity index (χ0v) is 16.9. The predicted molar refractivity (Wildman–Crippen MR) is 107 cm³/mol. The molecule has 0 bridgehead atoms. The third kappa shape index (κ3) is 5.45. The third-order valence-corrected chi connectivity index (χ3v) is 7.29. The number of rotatable bonds is 8. The van der Waals surface area contributed by atoms with E-state index in [-0.39, 0.29) is 0 Å². The van der Waals surface area contributed by atoms with Gasteiger partial charge in [-0.2, -0.15) is 48.8 Å². The van der Waals surface area contributed by atoms with E-state index in [9.17, 15) is 0 Å². The van der Waals surface area contributed by atoms with Gasteiger partial charge in [-0.3, -0.25) is 0 Å². The minimum absolute atomic E-state index is 0.390. The lowest BCUT2D eigenvalue weighted by Crippen LogP contribution is -1.96. The average molecular weight is 428 g/mol. The van der Waals surface area contributed by atoms with E-state index in [0.29, 0.717) is 31.6 Å². The number of thiol groups is 2. The predicted octanol–water partition coefficient (Wildman–Crippen LogP) is 6.63. The number of hydrogen-bond acceptors (Lipinski definition) is 4. The van der Waals surface area contributed by atoms with Crippen molar-refractivity contribution in [1.82, 2.24) is 0 Å². The Kier molecular flexibility index (Phi) is 10.4. The van der Waals surface area contributed by atoms with Gasteiger partial charge in [0.2, 0.25) is 0 Å². The molecule has 0 radical (unpaired) electrons. The second-order valence-corrected chi connectivity index (χ2v) is 8.38. The lowest BCUT2D eigenvalue weighted by atomic mass is 10.1. The van der Waals surface area contributed by atoms with Crippen molar-refractivity contribution in [3.05, 3.63) is 31.2 Å². The molecular weight excluding hydrogens is 414 g/mol. The molecule has 0 saturated heterocycles. The van der Waals surface area contributed by atoms with Crippen LogP contribution in [0.3, 0.4) is 0 Å². The van der Waals surface area contributed by atoms with Gasteiger partial charge in [-0.1, -0.05) is 46.4 Å². The lowest BCUT2D eigenvalue weighted by molar-refractivity contribution is 1.32. The highest BCUT2D eigenvalue weighted by Crippen LogP contribution is 2.43. The Bertz CT molecular complexity index is 417. The topological polar surface area (TPSA) is 0 Å². The molecule has 0 amide bonds. The molecule has 8 heteroatoms. The highest BCUT2D eigenvalue weighted by Gasteiger charge is 2.19. The van der Waals surface area contributed by atoms with Gasteiger partial charge in [0.05, 0.1) is 20.1 Å². The summed E-state index contributed by atoms with van der Waals surface area (Å²) in [6.07, 6.45) is 0. The average Bonchev–Trinajstić information content (AvgIpc) is 2.44. The van der Waals surface area contributed by atoms with Crippen LogP contribution in [0.25, 0.3) is 0 Å². The smallest absolute Gasteiger partial charge is 0.0785 e. The van der Waals surface area contributed by atoms with Crippen molar-refractivity contribution in [2.45, 2.75) is 11.5 Å². The molecular formula is C12H14Cl4S4.